The van der Waals surface area contributed by atoms with E-state index in [0.717, 1.165) is 5.39 Å². The molecule has 2 unspecified atom stereocenters. The minimum atomic E-state index is -2.63. The Labute approximate surface area is 150 Å². The molecule has 0 radical (unpaired) electrons. The number of halogens is 1. The van der Waals surface area contributed by atoms with Crippen molar-refractivity contribution in [3.63, 3.8) is 0 Å². The number of rotatable bonds is 5. The summed E-state index contributed by atoms with van der Waals surface area (Å²) in [6.45, 7) is 0. The Balaban J connectivity index is 1.96. The average molecular weight is 374 g/mol. The van der Waals surface area contributed by atoms with E-state index in [1.54, 1.807) is 48.5 Å². The van der Waals surface area contributed by atoms with Crippen molar-refractivity contribution in [2.45, 2.75) is 6.04 Å². The van der Waals surface area contributed by atoms with Crippen molar-refractivity contribution in [1.82, 2.24) is 0 Å². The maximum absolute atomic E-state index is 12.3. The molecule has 0 aromatic heterocycles. The Morgan fingerprint density at radius 1 is 1.08 bits per heavy atom. The van der Waals surface area contributed by atoms with Gasteiger partial charge in [0.15, 0.2) is 0 Å². The molecule has 2 atom stereocenters. The Morgan fingerprint density at radius 2 is 1.76 bits per heavy atom. The second kappa shape index (κ2) is 7.62. The van der Waals surface area contributed by atoms with Crippen molar-refractivity contribution < 1.29 is 19.3 Å². The van der Waals surface area contributed by atoms with Gasteiger partial charge in [-0.05, 0) is 17.0 Å². The molecule has 0 amide bonds. The van der Waals surface area contributed by atoms with Crippen molar-refractivity contribution >= 4 is 36.5 Å². The predicted octanol–water partition coefficient (Wildman–Crippen LogP) is 4.55. The highest BCUT2D eigenvalue weighted by Gasteiger charge is 2.24. The van der Waals surface area contributed by atoms with Crippen LogP contribution in [-0.2, 0) is 4.79 Å². The minimum Gasteiger partial charge on any atom is -0.575 e. The topological polar surface area (TPSA) is 82.0 Å². The van der Waals surface area contributed by atoms with Gasteiger partial charge in [0.05, 0.1) is 5.02 Å². The highest BCUT2D eigenvalue weighted by molar-refractivity contribution is 7.34. The number of carboxylic acids is 1. The van der Waals surface area contributed by atoms with Crippen molar-refractivity contribution in [3.8, 4) is 5.75 Å². The first-order valence-corrected chi connectivity index (χ1v) is 8.88. The molecule has 0 spiro atoms. The summed E-state index contributed by atoms with van der Waals surface area (Å²) in [6, 6.07) is 17.8. The van der Waals surface area contributed by atoms with Crippen LogP contribution in [0.3, 0.4) is 0 Å². The Morgan fingerprint density at radius 3 is 2.48 bits per heavy atom. The molecule has 3 aromatic carbocycles. The number of carboxylic acid groups (broad SMARTS) is 1. The summed E-state index contributed by atoms with van der Waals surface area (Å²) in [5, 5.41) is 11.2. The lowest BCUT2D eigenvalue weighted by Crippen LogP contribution is -2.10. The third-order valence-electron chi connectivity index (χ3n) is 3.56. The van der Waals surface area contributed by atoms with Crippen LogP contribution in [0.1, 0.15) is 11.6 Å². The van der Waals surface area contributed by atoms with Crippen molar-refractivity contribution in [1.29, 1.82) is 0 Å². The van der Waals surface area contributed by atoms with Gasteiger partial charge in [0.1, 0.15) is 0 Å². The summed E-state index contributed by atoms with van der Waals surface area (Å²) < 4.78 is 9.23. The normalized spacial score (nSPS) is 12.8. The minimum absolute atomic E-state index is 0.224. The third-order valence-corrected chi connectivity index (χ3v) is 4.62. The second-order valence-electron chi connectivity index (χ2n) is 5.19. The van der Waals surface area contributed by atoms with Crippen molar-refractivity contribution in [2.24, 2.45) is 4.74 Å². The van der Waals surface area contributed by atoms with E-state index in [0.29, 0.717) is 10.9 Å². The summed E-state index contributed by atoms with van der Waals surface area (Å²) in [4.78, 5) is 23.8. The van der Waals surface area contributed by atoms with Crippen LogP contribution in [0.25, 0.3) is 10.8 Å². The Kier molecular flexibility index (Phi) is 5.29. The molecule has 3 rings (SSSR count). The van der Waals surface area contributed by atoms with Gasteiger partial charge in [0.2, 0.25) is 11.8 Å². The van der Waals surface area contributed by atoms with Crippen LogP contribution in [0, 0.1) is 0 Å². The van der Waals surface area contributed by atoms with Crippen LogP contribution >= 0.6 is 19.8 Å². The SMILES string of the molecule is O=C(O)C(/N=[P+](\[O-])Oc1c(Cl)ccc2ccccc12)c1ccccc1. The fourth-order valence-electron chi connectivity index (χ4n) is 2.40. The Bertz CT molecular complexity index is 946. The fraction of sp³-hybridized carbons (Fsp3) is 0.0556. The first kappa shape index (κ1) is 17.4. The molecule has 0 bridgehead atoms. The summed E-state index contributed by atoms with van der Waals surface area (Å²) >= 11 is 6.15. The maximum Gasteiger partial charge on any atom is 0.395 e. The van der Waals surface area contributed by atoms with Gasteiger partial charge < -0.3 is 10.00 Å². The fourth-order valence-corrected chi connectivity index (χ4v) is 3.48. The number of nitrogens with zero attached hydrogens (tertiary/aromatic N) is 1. The molecule has 7 heteroatoms. The smallest absolute Gasteiger partial charge is 0.395 e. The standard InChI is InChI=1S/C18H13ClNO4P/c19-15-11-10-12-6-4-5-9-14(12)17(15)24-25(23)20-16(18(21)22)13-7-2-1-3-8-13/h1-11,16H,(H,21,22). The molecule has 3 aromatic rings. The first-order valence-electron chi connectivity index (χ1n) is 7.37. The molecule has 0 saturated heterocycles. The van der Waals surface area contributed by atoms with Gasteiger partial charge in [0, 0.05) is 5.39 Å². The predicted molar refractivity (Wildman–Crippen MR) is 95.8 cm³/mol. The molecule has 1 N–H and O–H groups in total. The van der Waals surface area contributed by atoms with Gasteiger partial charge in [-0.1, -0.05) is 77.0 Å². The number of carbonyl (C=O) groups is 1. The molecule has 5 nitrogen and oxygen atoms in total. The summed E-state index contributed by atoms with van der Waals surface area (Å²) in [6.07, 6.45) is 0. The molecule has 0 fully saturated rings. The van der Waals surface area contributed by atoms with Crippen LogP contribution in [-0.4, -0.2) is 11.1 Å². The van der Waals surface area contributed by atoms with E-state index in [4.69, 9.17) is 16.1 Å². The summed E-state index contributed by atoms with van der Waals surface area (Å²) in [7, 11) is -2.63. The molecule has 0 aliphatic heterocycles. The second-order valence-corrected chi connectivity index (χ2v) is 6.49. The lowest BCUT2D eigenvalue weighted by Gasteiger charge is -2.08. The van der Waals surface area contributed by atoms with E-state index in [1.165, 1.54) is 0 Å². The molecule has 0 aliphatic rings. The quantitative estimate of drug-likeness (QED) is 0.665. The van der Waals surface area contributed by atoms with Gasteiger partial charge in [-0.2, -0.15) is 0 Å². The van der Waals surface area contributed by atoms with E-state index in [9.17, 15) is 14.8 Å². The number of benzene rings is 3. The van der Waals surface area contributed by atoms with E-state index in [1.807, 2.05) is 18.2 Å². The number of hydrogen-bond acceptors (Lipinski definition) is 4. The zero-order chi connectivity index (χ0) is 17.8. The third kappa shape index (κ3) is 3.97. The van der Waals surface area contributed by atoms with Crippen LogP contribution < -0.4 is 9.42 Å². The molecule has 0 heterocycles. The van der Waals surface area contributed by atoms with Gasteiger partial charge in [-0.15, -0.1) is 0 Å². The molecule has 126 valence electrons. The van der Waals surface area contributed by atoms with E-state index in [2.05, 4.69) is 4.74 Å². The van der Waals surface area contributed by atoms with E-state index >= 15 is 0 Å². The van der Waals surface area contributed by atoms with E-state index in [-0.39, 0.29) is 10.8 Å². The highest BCUT2D eigenvalue weighted by Crippen LogP contribution is 2.38. The van der Waals surface area contributed by atoms with Crippen molar-refractivity contribution in [2.75, 3.05) is 0 Å². The molecule has 0 saturated carbocycles. The van der Waals surface area contributed by atoms with Crippen LogP contribution in [0.15, 0.2) is 71.5 Å². The van der Waals surface area contributed by atoms with E-state index < -0.39 is 20.2 Å². The maximum atomic E-state index is 12.3. The largest absolute Gasteiger partial charge is 0.575 e. The first-order chi connectivity index (χ1) is 12.1. The number of aliphatic carboxylic acids is 1. The summed E-state index contributed by atoms with van der Waals surface area (Å²) in [5.74, 6) is -0.982. The van der Waals surface area contributed by atoms with Gasteiger partial charge >= 0.3 is 14.1 Å². The lowest BCUT2D eigenvalue weighted by atomic mass is 10.1. The van der Waals surface area contributed by atoms with Crippen molar-refractivity contribution in [3.05, 3.63) is 77.3 Å². The molecular weight excluding hydrogens is 361 g/mol. The number of fused-ring (bicyclic) bond motifs is 1. The van der Waals surface area contributed by atoms with Gasteiger partial charge in [-0.25, -0.2) is 4.79 Å². The molecule has 0 aliphatic carbocycles. The van der Waals surface area contributed by atoms with Crippen LogP contribution in [0.4, 0.5) is 0 Å². The highest BCUT2D eigenvalue weighted by atomic mass is 35.5. The zero-order valence-electron chi connectivity index (χ0n) is 12.9. The lowest BCUT2D eigenvalue weighted by molar-refractivity contribution is -0.169. The van der Waals surface area contributed by atoms with Gasteiger partial charge in [0.25, 0.3) is 0 Å². The van der Waals surface area contributed by atoms with Crippen LogP contribution in [0.2, 0.25) is 5.02 Å². The Hall–Kier alpha value is -2.46. The van der Waals surface area contributed by atoms with Gasteiger partial charge in [-0.3, -0.25) is 4.52 Å². The monoisotopic (exact) mass is 373 g/mol. The summed E-state index contributed by atoms with van der Waals surface area (Å²) in [5.41, 5.74) is 0.422. The molecule has 25 heavy (non-hydrogen) atoms. The molecular formula is C18H13ClNO4P. The van der Waals surface area contributed by atoms with Crippen LogP contribution in [0.5, 0.6) is 5.75 Å². The average Bonchev–Trinajstić information content (AvgIpc) is 2.62. The number of hydrogen-bond donors (Lipinski definition) is 1. The zero-order valence-corrected chi connectivity index (χ0v) is 14.5.